The highest BCUT2D eigenvalue weighted by atomic mass is 16.5. The number of fused-ring (bicyclic) bond motifs is 1. The molecule has 0 bridgehead atoms. The number of pyridine rings is 1. The van der Waals surface area contributed by atoms with E-state index >= 15 is 0 Å². The Balaban J connectivity index is 1.47. The normalized spacial score (nSPS) is 17.0. The zero-order valence-corrected chi connectivity index (χ0v) is 14.4. The van der Waals surface area contributed by atoms with E-state index in [-0.39, 0.29) is 6.04 Å². The Hall–Kier alpha value is -3.46. The molecule has 4 aromatic rings. The summed E-state index contributed by atoms with van der Waals surface area (Å²) in [4.78, 5) is 26.9. The van der Waals surface area contributed by atoms with Crippen molar-refractivity contribution in [1.29, 1.82) is 0 Å². The summed E-state index contributed by atoms with van der Waals surface area (Å²) < 4.78 is 5.60. The number of hydrogen-bond acceptors (Lipinski definition) is 8. The van der Waals surface area contributed by atoms with Gasteiger partial charge in [0.05, 0.1) is 30.0 Å². The van der Waals surface area contributed by atoms with Crippen LogP contribution in [0.4, 0.5) is 0 Å². The molecule has 1 N–H and O–H groups in total. The second-order valence-electron chi connectivity index (χ2n) is 6.36. The van der Waals surface area contributed by atoms with Gasteiger partial charge >= 0.3 is 0 Å². The van der Waals surface area contributed by atoms with Gasteiger partial charge in [0, 0.05) is 44.3 Å². The van der Waals surface area contributed by atoms with Crippen molar-refractivity contribution >= 4 is 0 Å². The fourth-order valence-corrected chi connectivity index (χ4v) is 3.31. The van der Waals surface area contributed by atoms with Crippen LogP contribution in [0.15, 0.2) is 54.0 Å². The van der Waals surface area contributed by atoms with Crippen molar-refractivity contribution in [3.05, 3.63) is 72.3 Å². The van der Waals surface area contributed by atoms with E-state index < -0.39 is 0 Å². The summed E-state index contributed by atoms with van der Waals surface area (Å²) in [6.07, 6.45) is 10.9. The summed E-state index contributed by atoms with van der Waals surface area (Å²) in [5.41, 5.74) is 3.91. The zero-order valence-electron chi connectivity index (χ0n) is 14.4. The molecule has 9 heteroatoms. The highest BCUT2D eigenvalue weighted by Gasteiger charge is 2.33. The van der Waals surface area contributed by atoms with Gasteiger partial charge in [-0.1, -0.05) is 5.16 Å². The lowest BCUT2D eigenvalue weighted by atomic mass is 10.0. The van der Waals surface area contributed by atoms with Crippen LogP contribution in [0.25, 0.3) is 11.5 Å². The van der Waals surface area contributed by atoms with Crippen LogP contribution in [0.1, 0.15) is 28.9 Å². The maximum absolute atomic E-state index is 5.60. The first-order valence-electron chi connectivity index (χ1n) is 8.61. The standard InChI is InChI=1S/C18H16N8O/c1-3-19-4-2-12(1)9-26-10-15-13(22-11-23-15)7-16(26)18-24-17(25-27-18)14-8-20-5-6-21-14/h1-6,8,11,16H,7,9-10H2,(H,22,23)/t16-/m0/s1. The van der Waals surface area contributed by atoms with Crippen LogP contribution >= 0.6 is 0 Å². The maximum atomic E-state index is 5.60. The topological polar surface area (TPSA) is 110 Å². The minimum Gasteiger partial charge on any atom is -0.347 e. The van der Waals surface area contributed by atoms with Crippen molar-refractivity contribution in [2.75, 3.05) is 0 Å². The van der Waals surface area contributed by atoms with E-state index in [0.717, 1.165) is 24.5 Å². The summed E-state index contributed by atoms with van der Waals surface area (Å²) in [5, 5.41) is 4.09. The number of H-pyrrole nitrogens is 1. The molecule has 0 fully saturated rings. The Bertz CT molecular complexity index is 1030. The predicted molar refractivity (Wildman–Crippen MR) is 93.8 cm³/mol. The molecule has 1 atom stereocenters. The third-order valence-electron chi connectivity index (χ3n) is 4.65. The smallest absolute Gasteiger partial charge is 0.244 e. The van der Waals surface area contributed by atoms with Crippen LogP contribution in [0.2, 0.25) is 0 Å². The summed E-state index contributed by atoms with van der Waals surface area (Å²) in [6, 6.07) is 3.96. The SMILES string of the molecule is c1cc(CN2Cc3[nH]cnc3C[C@H]2c2nc(-c3cnccn3)no2)ccn1. The monoisotopic (exact) mass is 360 g/mol. The van der Waals surface area contributed by atoms with Gasteiger partial charge in [-0.25, -0.2) is 9.97 Å². The number of aromatic nitrogens is 7. The van der Waals surface area contributed by atoms with E-state index in [1.165, 1.54) is 5.56 Å². The van der Waals surface area contributed by atoms with Gasteiger partial charge in [-0.05, 0) is 17.7 Å². The second-order valence-corrected chi connectivity index (χ2v) is 6.36. The van der Waals surface area contributed by atoms with Crippen LogP contribution < -0.4 is 0 Å². The minimum atomic E-state index is -0.0631. The average Bonchev–Trinajstić information content (AvgIpc) is 3.38. The Morgan fingerprint density at radius 2 is 2.04 bits per heavy atom. The maximum Gasteiger partial charge on any atom is 0.244 e. The molecule has 4 aromatic heterocycles. The van der Waals surface area contributed by atoms with E-state index in [4.69, 9.17) is 4.52 Å². The lowest BCUT2D eigenvalue weighted by molar-refractivity contribution is 0.128. The van der Waals surface area contributed by atoms with E-state index in [0.29, 0.717) is 23.8 Å². The number of rotatable bonds is 4. The third-order valence-corrected chi connectivity index (χ3v) is 4.65. The summed E-state index contributed by atoms with van der Waals surface area (Å²) in [7, 11) is 0. The van der Waals surface area contributed by atoms with Gasteiger partial charge in [0.1, 0.15) is 5.69 Å². The molecule has 134 valence electrons. The first-order chi connectivity index (χ1) is 13.4. The summed E-state index contributed by atoms with van der Waals surface area (Å²) in [5.74, 6) is 0.994. The molecule has 5 heterocycles. The van der Waals surface area contributed by atoms with Crippen molar-refractivity contribution in [2.24, 2.45) is 0 Å². The van der Waals surface area contributed by atoms with Gasteiger partial charge < -0.3 is 9.51 Å². The Morgan fingerprint density at radius 1 is 1.11 bits per heavy atom. The molecule has 27 heavy (non-hydrogen) atoms. The van der Waals surface area contributed by atoms with Crippen molar-refractivity contribution in [3.63, 3.8) is 0 Å². The van der Waals surface area contributed by atoms with Crippen LogP contribution in [-0.2, 0) is 19.5 Å². The summed E-state index contributed by atoms with van der Waals surface area (Å²) in [6.45, 7) is 1.47. The Labute approximate surface area is 154 Å². The van der Waals surface area contributed by atoms with E-state index in [9.17, 15) is 0 Å². The minimum absolute atomic E-state index is 0.0631. The quantitative estimate of drug-likeness (QED) is 0.588. The predicted octanol–water partition coefficient (Wildman–Crippen LogP) is 1.94. The van der Waals surface area contributed by atoms with Gasteiger partial charge in [0.25, 0.3) is 0 Å². The van der Waals surface area contributed by atoms with Gasteiger partial charge in [-0.15, -0.1) is 0 Å². The van der Waals surface area contributed by atoms with Crippen molar-refractivity contribution < 1.29 is 4.52 Å². The number of aromatic amines is 1. The highest BCUT2D eigenvalue weighted by Crippen LogP contribution is 2.32. The molecule has 9 nitrogen and oxygen atoms in total. The summed E-state index contributed by atoms with van der Waals surface area (Å²) >= 11 is 0. The molecule has 0 amide bonds. The van der Waals surface area contributed by atoms with Gasteiger partial charge in [0.15, 0.2) is 0 Å². The van der Waals surface area contributed by atoms with Crippen LogP contribution in [0, 0.1) is 0 Å². The van der Waals surface area contributed by atoms with Crippen LogP contribution in [0.5, 0.6) is 0 Å². The van der Waals surface area contributed by atoms with Gasteiger partial charge in [-0.2, -0.15) is 4.98 Å². The average molecular weight is 360 g/mol. The van der Waals surface area contributed by atoms with E-state index in [1.807, 2.05) is 12.1 Å². The number of imidazole rings is 1. The molecule has 0 spiro atoms. The lowest BCUT2D eigenvalue weighted by Gasteiger charge is -2.32. The number of hydrogen-bond donors (Lipinski definition) is 1. The molecule has 1 aliphatic rings. The lowest BCUT2D eigenvalue weighted by Crippen LogP contribution is -2.34. The van der Waals surface area contributed by atoms with Crippen molar-refractivity contribution in [3.8, 4) is 11.5 Å². The molecular formula is C18H16N8O. The molecule has 0 saturated carbocycles. The fraction of sp³-hybridized carbons (Fsp3) is 0.222. The zero-order chi connectivity index (χ0) is 18.1. The molecule has 0 radical (unpaired) electrons. The Morgan fingerprint density at radius 3 is 2.89 bits per heavy atom. The number of nitrogens with one attached hydrogen (secondary N) is 1. The molecule has 0 aromatic carbocycles. The van der Waals surface area contributed by atoms with Crippen LogP contribution in [-0.4, -0.2) is 40.0 Å². The van der Waals surface area contributed by atoms with Crippen molar-refractivity contribution in [1.82, 2.24) is 40.0 Å². The van der Waals surface area contributed by atoms with Crippen molar-refractivity contribution in [2.45, 2.75) is 25.6 Å². The molecule has 5 rings (SSSR count). The van der Waals surface area contributed by atoms with Gasteiger partial charge in [0.2, 0.25) is 11.7 Å². The first kappa shape index (κ1) is 15.8. The largest absolute Gasteiger partial charge is 0.347 e. The Kier molecular flexibility index (Phi) is 3.91. The fourth-order valence-electron chi connectivity index (χ4n) is 3.31. The van der Waals surface area contributed by atoms with E-state index in [1.54, 1.807) is 37.3 Å². The number of nitrogens with zero attached hydrogens (tertiary/aromatic N) is 7. The second kappa shape index (κ2) is 6.69. The molecule has 0 unspecified atom stereocenters. The highest BCUT2D eigenvalue weighted by molar-refractivity contribution is 5.45. The van der Waals surface area contributed by atoms with E-state index in [2.05, 4.69) is 40.0 Å². The molecule has 0 aliphatic carbocycles. The molecule has 1 aliphatic heterocycles. The van der Waals surface area contributed by atoms with Crippen LogP contribution in [0.3, 0.4) is 0 Å². The van der Waals surface area contributed by atoms with Gasteiger partial charge in [-0.3, -0.25) is 14.9 Å². The molecular weight excluding hydrogens is 344 g/mol. The molecule has 0 saturated heterocycles. The third kappa shape index (κ3) is 3.08. The first-order valence-corrected chi connectivity index (χ1v) is 8.61.